The van der Waals surface area contributed by atoms with Crippen LogP contribution in [0.5, 0.6) is 0 Å². The molecule has 0 amide bonds. The molecule has 0 radical (unpaired) electrons. The summed E-state index contributed by atoms with van der Waals surface area (Å²) in [5.41, 5.74) is 8.31. The first-order valence-electron chi connectivity index (χ1n) is 6.06. The van der Waals surface area contributed by atoms with E-state index < -0.39 is 4.92 Å². The molecule has 0 fully saturated rings. The molecular weight excluding hydrogens is 294 g/mol. The van der Waals surface area contributed by atoms with Gasteiger partial charge in [0.1, 0.15) is 5.52 Å². The summed E-state index contributed by atoms with van der Waals surface area (Å²) in [4.78, 5) is 14.7. The fourth-order valence-electron chi connectivity index (χ4n) is 2.11. The van der Waals surface area contributed by atoms with E-state index in [9.17, 15) is 10.1 Å². The van der Waals surface area contributed by atoms with Crippen molar-refractivity contribution in [3.63, 3.8) is 0 Å². The van der Waals surface area contributed by atoms with Crippen molar-refractivity contribution in [2.24, 2.45) is 0 Å². The summed E-state index contributed by atoms with van der Waals surface area (Å²) in [7, 11) is 0. The van der Waals surface area contributed by atoms with Crippen LogP contribution in [0.25, 0.3) is 22.6 Å². The molecule has 0 atom stereocenters. The molecule has 2 N–H and O–H groups in total. The molecule has 106 valence electrons. The highest BCUT2D eigenvalue weighted by atomic mass is 35.5. The average molecular weight is 304 g/mol. The number of halogens is 1. The molecule has 2 aromatic carbocycles. The summed E-state index contributed by atoms with van der Waals surface area (Å²) in [5.74, 6) is 0.304. The summed E-state index contributed by atoms with van der Waals surface area (Å²) >= 11 is 6.12. The number of nitrogens with zero attached hydrogens (tertiary/aromatic N) is 2. The summed E-state index contributed by atoms with van der Waals surface area (Å²) in [5, 5.41) is 11.3. The largest absolute Gasteiger partial charge is 0.436 e. The molecule has 3 rings (SSSR count). The van der Waals surface area contributed by atoms with E-state index in [1.54, 1.807) is 25.1 Å². The second-order valence-corrected chi connectivity index (χ2v) is 5.03. The van der Waals surface area contributed by atoms with E-state index in [1.807, 2.05) is 0 Å². The van der Waals surface area contributed by atoms with Crippen LogP contribution in [0.3, 0.4) is 0 Å². The number of hydrogen-bond acceptors (Lipinski definition) is 5. The Morgan fingerprint density at radius 2 is 2.10 bits per heavy atom. The summed E-state index contributed by atoms with van der Waals surface area (Å²) in [6, 6.07) is 7.81. The van der Waals surface area contributed by atoms with Crippen LogP contribution in [-0.4, -0.2) is 9.91 Å². The fraction of sp³-hybridized carbons (Fsp3) is 0.0714. The third-order valence-corrected chi connectivity index (χ3v) is 3.41. The number of aromatic nitrogens is 1. The lowest BCUT2D eigenvalue weighted by molar-refractivity contribution is -0.384. The topological polar surface area (TPSA) is 95.2 Å². The Balaban J connectivity index is 2.21. The standard InChI is InChI=1S/C14H10ClN3O3/c1-7-4-9(18(19)20)6-12-13(7)21-14(17-12)10-3-2-8(16)5-11(10)15/h2-6H,16H2,1H3. The third-order valence-electron chi connectivity index (χ3n) is 3.09. The number of nitrogen functional groups attached to an aromatic ring is 1. The van der Waals surface area contributed by atoms with Crippen molar-refractivity contribution in [1.82, 2.24) is 4.98 Å². The number of oxazole rings is 1. The van der Waals surface area contributed by atoms with Gasteiger partial charge in [-0.2, -0.15) is 0 Å². The molecule has 1 aromatic heterocycles. The van der Waals surface area contributed by atoms with Gasteiger partial charge in [0.05, 0.1) is 15.5 Å². The van der Waals surface area contributed by atoms with Gasteiger partial charge in [-0.15, -0.1) is 0 Å². The van der Waals surface area contributed by atoms with Crippen molar-refractivity contribution in [3.8, 4) is 11.5 Å². The van der Waals surface area contributed by atoms with Crippen LogP contribution in [0.15, 0.2) is 34.7 Å². The maximum Gasteiger partial charge on any atom is 0.272 e. The van der Waals surface area contributed by atoms with Crippen LogP contribution in [-0.2, 0) is 0 Å². The van der Waals surface area contributed by atoms with Gasteiger partial charge in [-0.25, -0.2) is 4.98 Å². The van der Waals surface area contributed by atoms with Crippen molar-refractivity contribution >= 4 is 34.1 Å². The molecule has 0 aliphatic rings. The van der Waals surface area contributed by atoms with Crippen molar-refractivity contribution in [2.75, 3.05) is 5.73 Å². The maximum absolute atomic E-state index is 10.9. The van der Waals surface area contributed by atoms with Gasteiger partial charge in [0, 0.05) is 23.4 Å². The minimum Gasteiger partial charge on any atom is -0.436 e. The van der Waals surface area contributed by atoms with E-state index in [2.05, 4.69) is 4.98 Å². The fourth-order valence-corrected chi connectivity index (χ4v) is 2.38. The van der Waals surface area contributed by atoms with Gasteiger partial charge in [-0.3, -0.25) is 10.1 Å². The van der Waals surface area contributed by atoms with Crippen LogP contribution in [0.2, 0.25) is 5.02 Å². The second kappa shape index (κ2) is 4.75. The number of nitrogens with two attached hydrogens (primary N) is 1. The lowest BCUT2D eigenvalue weighted by Gasteiger charge is -2.00. The maximum atomic E-state index is 10.9. The quantitative estimate of drug-likeness (QED) is 0.439. The molecule has 0 aliphatic carbocycles. The summed E-state index contributed by atoms with van der Waals surface area (Å²) < 4.78 is 5.68. The molecule has 0 unspecified atom stereocenters. The molecule has 0 bridgehead atoms. The Morgan fingerprint density at radius 1 is 1.33 bits per heavy atom. The van der Waals surface area contributed by atoms with Crippen LogP contribution in [0.1, 0.15) is 5.56 Å². The zero-order valence-electron chi connectivity index (χ0n) is 11.0. The lowest BCUT2D eigenvalue weighted by atomic mass is 10.2. The monoisotopic (exact) mass is 303 g/mol. The number of fused-ring (bicyclic) bond motifs is 1. The van der Waals surface area contributed by atoms with E-state index in [1.165, 1.54) is 12.1 Å². The van der Waals surface area contributed by atoms with Crippen LogP contribution in [0, 0.1) is 17.0 Å². The number of nitro benzene ring substituents is 1. The molecule has 1 heterocycles. The zero-order chi connectivity index (χ0) is 15.1. The first-order valence-corrected chi connectivity index (χ1v) is 6.44. The molecule has 6 nitrogen and oxygen atoms in total. The van der Waals surface area contributed by atoms with Gasteiger partial charge in [-0.05, 0) is 25.1 Å². The van der Waals surface area contributed by atoms with Gasteiger partial charge >= 0.3 is 0 Å². The van der Waals surface area contributed by atoms with E-state index in [0.717, 1.165) is 0 Å². The van der Waals surface area contributed by atoms with Crippen LogP contribution >= 0.6 is 11.6 Å². The highest BCUT2D eigenvalue weighted by Gasteiger charge is 2.17. The van der Waals surface area contributed by atoms with Crippen molar-refractivity contribution < 1.29 is 9.34 Å². The minimum absolute atomic E-state index is 0.0248. The predicted molar refractivity (Wildman–Crippen MR) is 80.3 cm³/mol. The predicted octanol–water partition coefficient (Wildman–Crippen LogP) is 3.95. The molecule has 7 heteroatoms. The first kappa shape index (κ1) is 13.4. The van der Waals surface area contributed by atoms with Crippen molar-refractivity contribution in [3.05, 3.63) is 51.0 Å². The molecule has 0 aliphatic heterocycles. The minimum atomic E-state index is -0.461. The number of aryl methyl sites for hydroxylation is 1. The number of nitro groups is 1. The summed E-state index contributed by atoms with van der Waals surface area (Å²) in [6.45, 7) is 1.73. The number of hydrogen-bond donors (Lipinski definition) is 1. The zero-order valence-corrected chi connectivity index (χ0v) is 11.7. The van der Waals surface area contributed by atoms with Crippen LogP contribution < -0.4 is 5.73 Å². The SMILES string of the molecule is Cc1cc([N+](=O)[O-])cc2nc(-c3ccc(N)cc3Cl)oc12. The van der Waals surface area contributed by atoms with Crippen molar-refractivity contribution in [1.29, 1.82) is 0 Å². The molecular formula is C14H10ClN3O3. The van der Waals surface area contributed by atoms with Gasteiger partial charge in [0.15, 0.2) is 5.58 Å². The molecule has 0 saturated carbocycles. The van der Waals surface area contributed by atoms with E-state index in [4.69, 9.17) is 21.8 Å². The Bertz CT molecular complexity index is 873. The van der Waals surface area contributed by atoms with Crippen LogP contribution in [0.4, 0.5) is 11.4 Å². The average Bonchev–Trinajstić information content (AvgIpc) is 2.82. The molecule has 0 saturated heterocycles. The Labute approximate surface area is 124 Å². The summed E-state index contributed by atoms with van der Waals surface area (Å²) in [6.07, 6.45) is 0. The highest BCUT2D eigenvalue weighted by Crippen LogP contribution is 2.33. The third kappa shape index (κ3) is 2.30. The molecule has 21 heavy (non-hydrogen) atoms. The van der Waals surface area contributed by atoms with Crippen molar-refractivity contribution in [2.45, 2.75) is 6.92 Å². The Kier molecular flexibility index (Phi) is 3.03. The van der Waals surface area contributed by atoms with Gasteiger partial charge in [0.25, 0.3) is 5.69 Å². The number of benzene rings is 2. The molecule has 0 spiro atoms. The highest BCUT2D eigenvalue weighted by molar-refractivity contribution is 6.33. The van der Waals surface area contributed by atoms with Gasteiger partial charge in [0.2, 0.25) is 5.89 Å². The van der Waals surface area contributed by atoms with Gasteiger partial charge in [-0.1, -0.05) is 11.6 Å². The van der Waals surface area contributed by atoms with E-state index in [-0.39, 0.29) is 5.69 Å². The number of non-ortho nitro benzene ring substituents is 1. The normalized spacial score (nSPS) is 11.0. The van der Waals surface area contributed by atoms with Gasteiger partial charge < -0.3 is 10.2 Å². The second-order valence-electron chi connectivity index (χ2n) is 4.63. The Hall–Kier alpha value is -2.60. The number of rotatable bonds is 2. The Morgan fingerprint density at radius 3 is 2.76 bits per heavy atom. The van der Waals surface area contributed by atoms with E-state index >= 15 is 0 Å². The first-order chi connectivity index (χ1) is 9.95. The number of anilines is 1. The smallest absolute Gasteiger partial charge is 0.272 e. The van der Waals surface area contributed by atoms with E-state index in [0.29, 0.717) is 38.8 Å². The molecule has 3 aromatic rings. The lowest BCUT2D eigenvalue weighted by Crippen LogP contribution is -1.88.